The van der Waals surface area contributed by atoms with Gasteiger partial charge in [-0.2, -0.15) is 4.80 Å². The summed E-state index contributed by atoms with van der Waals surface area (Å²) in [6.07, 6.45) is 2.08. The van der Waals surface area contributed by atoms with Gasteiger partial charge in [-0.25, -0.2) is 0 Å². The van der Waals surface area contributed by atoms with Crippen LogP contribution >= 0.6 is 11.3 Å². The van der Waals surface area contributed by atoms with E-state index in [0.717, 1.165) is 17.7 Å². The maximum absolute atomic E-state index is 11.9. The second-order valence-electron chi connectivity index (χ2n) is 5.56. The Labute approximate surface area is 128 Å². The van der Waals surface area contributed by atoms with E-state index in [-0.39, 0.29) is 18.5 Å². The smallest absolute Gasteiger partial charge is 0.243 e. The van der Waals surface area contributed by atoms with Crippen molar-refractivity contribution in [3.63, 3.8) is 0 Å². The van der Waals surface area contributed by atoms with Gasteiger partial charge in [0.25, 0.3) is 0 Å². The van der Waals surface area contributed by atoms with Gasteiger partial charge in [-0.05, 0) is 42.3 Å². The summed E-state index contributed by atoms with van der Waals surface area (Å²) in [6, 6.07) is 4.03. The third-order valence-electron chi connectivity index (χ3n) is 3.06. The van der Waals surface area contributed by atoms with Crippen LogP contribution in [-0.4, -0.2) is 32.2 Å². The number of aromatic nitrogens is 4. The molecule has 0 fully saturated rings. The molecule has 7 heteroatoms. The lowest BCUT2D eigenvalue weighted by Gasteiger charge is -2.14. The van der Waals surface area contributed by atoms with Crippen LogP contribution in [0.25, 0.3) is 10.7 Å². The van der Waals surface area contributed by atoms with E-state index in [0.29, 0.717) is 11.7 Å². The fourth-order valence-corrected chi connectivity index (χ4v) is 2.57. The summed E-state index contributed by atoms with van der Waals surface area (Å²) < 4.78 is 0. The Morgan fingerprint density at radius 1 is 1.38 bits per heavy atom. The van der Waals surface area contributed by atoms with Gasteiger partial charge in [0.1, 0.15) is 6.54 Å². The van der Waals surface area contributed by atoms with Crippen LogP contribution in [0.5, 0.6) is 0 Å². The van der Waals surface area contributed by atoms with Gasteiger partial charge in [0, 0.05) is 6.04 Å². The normalized spacial score (nSPS) is 12.6. The van der Waals surface area contributed by atoms with Crippen molar-refractivity contribution in [3.8, 4) is 10.7 Å². The summed E-state index contributed by atoms with van der Waals surface area (Å²) in [7, 11) is 0. The van der Waals surface area contributed by atoms with Crippen molar-refractivity contribution in [2.45, 2.75) is 46.2 Å². The van der Waals surface area contributed by atoms with Gasteiger partial charge in [0.15, 0.2) is 0 Å². The van der Waals surface area contributed by atoms with Gasteiger partial charge in [0.05, 0.1) is 4.88 Å². The van der Waals surface area contributed by atoms with Crippen molar-refractivity contribution in [1.82, 2.24) is 25.5 Å². The molecule has 0 aliphatic carbocycles. The lowest BCUT2D eigenvalue weighted by atomic mass is 10.0. The highest BCUT2D eigenvalue weighted by molar-refractivity contribution is 7.13. The van der Waals surface area contributed by atoms with Gasteiger partial charge < -0.3 is 5.32 Å². The standard InChI is InChI=1S/C14H21N5OS/c1-10(2)6-7-11(3)15-13(20)9-19-17-14(16-18-19)12-5-4-8-21-12/h4-5,8,10-11H,6-7,9H2,1-3H3,(H,15,20)/t11-/m1/s1. The first-order chi connectivity index (χ1) is 10.0. The Kier molecular flexibility index (Phi) is 5.44. The van der Waals surface area contributed by atoms with Crippen molar-refractivity contribution < 1.29 is 4.79 Å². The van der Waals surface area contributed by atoms with E-state index in [9.17, 15) is 4.79 Å². The Bertz CT molecular complexity index is 564. The van der Waals surface area contributed by atoms with Crippen LogP contribution < -0.4 is 5.32 Å². The van der Waals surface area contributed by atoms with E-state index in [1.165, 1.54) is 4.80 Å². The Morgan fingerprint density at radius 2 is 2.19 bits per heavy atom. The Hall–Kier alpha value is -1.76. The molecule has 21 heavy (non-hydrogen) atoms. The number of carbonyl (C=O) groups is 1. The average Bonchev–Trinajstić information content (AvgIpc) is 3.06. The van der Waals surface area contributed by atoms with Crippen molar-refractivity contribution in [3.05, 3.63) is 17.5 Å². The number of hydrogen-bond acceptors (Lipinski definition) is 5. The molecule has 0 aromatic carbocycles. The predicted molar refractivity (Wildman–Crippen MR) is 82.8 cm³/mol. The third-order valence-corrected chi connectivity index (χ3v) is 3.93. The molecule has 1 N–H and O–H groups in total. The zero-order valence-electron chi connectivity index (χ0n) is 12.6. The SMILES string of the molecule is CC(C)CC[C@@H](C)NC(=O)Cn1nnc(-c2cccs2)n1. The monoisotopic (exact) mass is 307 g/mol. The average molecular weight is 307 g/mol. The summed E-state index contributed by atoms with van der Waals surface area (Å²) in [6.45, 7) is 6.48. The zero-order chi connectivity index (χ0) is 15.2. The number of carbonyl (C=O) groups excluding carboxylic acids is 1. The number of hydrogen-bond donors (Lipinski definition) is 1. The molecule has 0 spiro atoms. The fraction of sp³-hybridized carbons (Fsp3) is 0.571. The van der Waals surface area contributed by atoms with E-state index in [1.54, 1.807) is 11.3 Å². The van der Waals surface area contributed by atoms with Crippen LogP contribution in [0.15, 0.2) is 17.5 Å². The molecule has 2 aromatic heterocycles. The highest BCUT2D eigenvalue weighted by atomic mass is 32.1. The van der Waals surface area contributed by atoms with Crippen molar-refractivity contribution in [2.24, 2.45) is 5.92 Å². The van der Waals surface area contributed by atoms with Crippen molar-refractivity contribution in [1.29, 1.82) is 0 Å². The van der Waals surface area contributed by atoms with E-state index in [2.05, 4.69) is 34.6 Å². The second kappa shape index (κ2) is 7.31. The molecule has 0 aliphatic rings. The lowest BCUT2D eigenvalue weighted by molar-refractivity contribution is -0.122. The van der Waals surface area contributed by atoms with Crippen molar-refractivity contribution >= 4 is 17.2 Å². The molecule has 2 aromatic rings. The van der Waals surface area contributed by atoms with Crippen LogP contribution in [0.1, 0.15) is 33.6 Å². The molecule has 2 rings (SSSR count). The van der Waals surface area contributed by atoms with Crippen LogP contribution in [0.3, 0.4) is 0 Å². The molecular formula is C14H21N5OS. The highest BCUT2D eigenvalue weighted by Crippen LogP contribution is 2.19. The minimum absolute atomic E-state index is 0.0821. The summed E-state index contributed by atoms with van der Waals surface area (Å²) >= 11 is 1.55. The van der Waals surface area contributed by atoms with Gasteiger partial charge in [-0.15, -0.1) is 21.5 Å². The first kappa shape index (κ1) is 15.6. The van der Waals surface area contributed by atoms with Gasteiger partial charge in [-0.1, -0.05) is 19.9 Å². The zero-order valence-corrected chi connectivity index (χ0v) is 13.4. The maximum Gasteiger partial charge on any atom is 0.243 e. The molecule has 1 amide bonds. The molecule has 114 valence electrons. The maximum atomic E-state index is 11.9. The summed E-state index contributed by atoms with van der Waals surface area (Å²) in [5, 5.41) is 17.0. The van der Waals surface area contributed by atoms with Crippen LogP contribution in [-0.2, 0) is 11.3 Å². The molecule has 0 saturated carbocycles. The molecule has 6 nitrogen and oxygen atoms in total. The van der Waals surface area contributed by atoms with E-state index in [4.69, 9.17) is 0 Å². The molecule has 0 unspecified atom stereocenters. The third kappa shape index (κ3) is 4.93. The topological polar surface area (TPSA) is 72.7 Å². The number of nitrogens with zero attached hydrogens (tertiary/aromatic N) is 4. The fourth-order valence-electron chi connectivity index (χ4n) is 1.92. The van der Waals surface area contributed by atoms with Gasteiger partial charge in [0.2, 0.25) is 11.7 Å². The van der Waals surface area contributed by atoms with E-state index >= 15 is 0 Å². The van der Waals surface area contributed by atoms with Crippen LogP contribution in [0, 0.1) is 5.92 Å². The Morgan fingerprint density at radius 3 is 2.86 bits per heavy atom. The highest BCUT2D eigenvalue weighted by Gasteiger charge is 2.12. The molecular weight excluding hydrogens is 286 g/mol. The first-order valence-corrected chi connectivity index (χ1v) is 8.03. The first-order valence-electron chi connectivity index (χ1n) is 7.15. The summed E-state index contributed by atoms with van der Waals surface area (Å²) in [5.74, 6) is 1.13. The minimum Gasteiger partial charge on any atom is -0.352 e. The predicted octanol–water partition coefficient (Wildman–Crippen LogP) is 2.34. The largest absolute Gasteiger partial charge is 0.352 e. The number of thiophene rings is 1. The quantitative estimate of drug-likeness (QED) is 0.852. The second-order valence-corrected chi connectivity index (χ2v) is 6.51. The molecule has 0 radical (unpaired) electrons. The van der Waals surface area contributed by atoms with Crippen LogP contribution in [0.2, 0.25) is 0 Å². The number of amides is 1. The number of nitrogens with one attached hydrogen (secondary N) is 1. The summed E-state index contributed by atoms with van der Waals surface area (Å²) in [5.41, 5.74) is 0. The number of rotatable bonds is 7. The van der Waals surface area contributed by atoms with E-state index < -0.39 is 0 Å². The molecule has 0 bridgehead atoms. The van der Waals surface area contributed by atoms with Gasteiger partial charge >= 0.3 is 0 Å². The molecule has 2 heterocycles. The summed E-state index contributed by atoms with van der Waals surface area (Å²) in [4.78, 5) is 14.2. The number of tetrazole rings is 1. The molecule has 0 aliphatic heterocycles. The Balaban J connectivity index is 1.83. The van der Waals surface area contributed by atoms with Crippen molar-refractivity contribution in [2.75, 3.05) is 0 Å². The molecule has 1 atom stereocenters. The van der Waals surface area contributed by atoms with Crippen LogP contribution in [0.4, 0.5) is 0 Å². The van der Waals surface area contributed by atoms with Gasteiger partial charge in [-0.3, -0.25) is 4.79 Å². The minimum atomic E-state index is -0.0821. The lowest BCUT2D eigenvalue weighted by Crippen LogP contribution is -2.35. The van der Waals surface area contributed by atoms with E-state index in [1.807, 2.05) is 24.4 Å². The molecule has 0 saturated heterocycles.